The fourth-order valence-electron chi connectivity index (χ4n) is 1.53. The van der Waals surface area contributed by atoms with Gasteiger partial charge in [-0.1, -0.05) is 6.92 Å². The van der Waals surface area contributed by atoms with Crippen molar-refractivity contribution in [3.63, 3.8) is 0 Å². The zero-order valence-corrected chi connectivity index (χ0v) is 10.8. The molecule has 102 valence electrons. The summed E-state index contributed by atoms with van der Waals surface area (Å²) in [5, 5.41) is 8.82. The number of aliphatic hydroxyl groups excluding tert-OH is 1. The van der Waals surface area contributed by atoms with Crippen molar-refractivity contribution < 1.29 is 22.3 Å². The molecule has 0 aromatic heterocycles. The van der Waals surface area contributed by atoms with Crippen molar-refractivity contribution in [2.45, 2.75) is 18.2 Å². The lowest BCUT2D eigenvalue weighted by molar-refractivity contribution is 0.253. The van der Waals surface area contributed by atoms with Crippen LogP contribution < -0.4 is 0 Å². The monoisotopic (exact) mass is 279 g/mol. The van der Waals surface area contributed by atoms with Gasteiger partial charge in [-0.05, 0) is 24.6 Å². The maximum Gasteiger partial charge on any atom is 0.246 e. The molecular formula is C11H15F2NO3S. The first kappa shape index (κ1) is 15.0. The normalized spacial score (nSPS) is 12.1. The first-order chi connectivity index (χ1) is 8.43. The van der Waals surface area contributed by atoms with Gasteiger partial charge in [0, 0.05) is 13.1 Å². The van der Waals surface area contributed by atoms with Gasteiger partial charge in [0.15, 0.2) is 0 Å². The summed E-state index contributed by atoms with van der Waals surface area (Å²) >= 11 is 0. The minimum absolute atomic E-state index is 0.138. The first-order valence-corrected chi connectivity index (χ1v) is 6.93. The van der Waals surface area contributed by atoms with Gasteiger partial charge in [-0.15, -0.1) is 0 Å². The molecule has 0 amide bonds. The molecule has 0 bridgehead atoms. The third kappa shape index (κ3) is 3.24. The molecular weight excluding hydrogens is 264 g/mol. The van der Waals surface area contributed by atoms with Crippen molar-refractivity contribution in [2.75, 3.05) is 19.7 Å². The molecule has 0 aliphatic rings. The Balaban J connectivity index is 3.21. The molecule has 0 saturated heterocycles. The minimum Gasteiger partial charge on any atom is -0.395 e. The third-order valence-corrected chi connectivity index (χ3v) is 4.25. The molecule has 0 fully saturated rings. The first-order valence-electron chi connectivity index (χ1n) is 5.49. The summed E-state index contributed by atoms with van der Waals surface area (Å²) in [6.07, 6.45) is 0.510. The highest BCUT2D eigenvalue weighted by molar-refractivity contribution is 7.89. The second-order valence-electron chi connectivity index (χ2n) is 3.70. The highest BCUT2D eigenvalue weighted by Gasteiger charge is 2.26. The fourth-order valence-corrected chi connectivity index (χ4v) is 3.13. The second-order valence-corrected chi connectivity index (χ2v) is 5.61. The van der Waals surface area contributed by atoms with E-state index in [1.807, 2.05) is 0 Å². The molecule has 0 heterocycles. The highest BCUT2D eigenvalue weighted by atomic mass is 32.2. The van der Waals surface area contributed by atoms with E-state index in [-0.39, 0.29) is 19.7 Å². The maximum atomic E-state index is 13.5. The Kier molecular flexibility index (Phi) is 5.18. The molecule has 0 aliphatic carbocycles. The molecule has 1 rings (SSSR count). The topological polar surface area (TPSA) is 57.6 Å². The Labute approximate surface area is 105 Å². The fraction of sp³-hybridized carbons (Fsp3) is 0.455. The lowest BCUT2D eigenvalue weighted by Crippen LogP contribution is -2.34. The van der Waals surface area contributed by atoms with Gasteiger partial charge in [-0.25, -0.2) is 17.2 Å². The molecule has 7 heteroatoms. The number of halogens is 2. The molecule has 0 unspecified atom stereocenters. The molecule has 0 atom stereocenters. The van der Waals surface area contributed by atoms with Crippen LogP contribution in [-0.2, 0) is 10.0 Å². The van der Waals surface area contributed by atoms with Crippen LogP contribution in [0.2, 0.25) is 0 Å². The summed E-state index contributed by atoms with van der Waals surface area (Å²) in [4.78, 5) is -0.704. The van der Waals surface area contributed by atoms with Crippen molar-refractivity contribution in [1.82, 2.24) is 4.31 Å². The number of sulfonamides is 1. The Morgan fingerprint density at radius 3 is 2.50 bits per heavy atom. The lowest BCUT2D eigenvalue weighted by atomic mass is 10.3. The molecule has 4 nitrogen and oxygen atoms in total. The van der Waals surface area contributed by atoms with Gasteiger partial charge in [0.25, 0.3) is 0 Å². The van der Waals surface area contributed by atoms with Crippen molar-refractivity contribution in [3.05, 3.63) is 29.8 Å². The second kappa shape index (κ2) is 6.21. The van der Waals surface area contributed by atoms with E-state index in [1.54, 1.807) is 6.92 Å². The Bertz CT molecular complexity index is 499. The summed E-state index contributed by atoms with van der Waals surface area (Å²) in [7, 11) is -4.12. The van der Waals surface area contributed by atoms with Gasteiger partial charge >= 0.3 is 0 Å². The van der Waals surface area contributed by atoms with Gasteiger partial charge in [-0.3, -0.25) is 0 Å². The van der Waals surface area contributed by atoms with Gasteiger partial charge in [0.1, 0.15) is 16.5 Å². The number of hydrogen-bond donors (Lipinski definition) is 1. The van der Waals surface area contributed by atoms with Crippen molar-refractivity contribution >= 4 is 10.0 Å². The molecule has 1 aromatic rings. The predicted molar refractivity (Wildman–Crippen MR) is 62.5 cm³/mol. The number of aliphatic hydroxyl groups is 1. The van der Waals surface area contributed by atoms with Crippen LogP contribution in [0.4, 0.5) is 8.78 Å². The van der Waals surface area contributed by atoms with Crippen LogP contribution in [0, 0.1) is 11.6 Å². The van der Waals surface area contributed by atoms with E-state index in [9.17, 15) is 17.2 Å². The average Bonchev–Trinajstić information content (AvgIpc) is 2.32. The van der Waals surface area contributed by atoms with Crippen molar-refractivity contribution in [1.29, 1.82) is 0 Å². The van der Waals surface area contributed by atoms with Gasteiger partial charge in [0.2, 0.25) is 10.0 Å². The number of nitrogens with zero attached hydrogens (tertiary/aromatic N) is 1. The zero-order valence-electron chi connectivity index (χ0n) is 9.94. The van der Waals surface area contributed by atoms with Crippen LogP contribution in [0.15, 0.2) is 23.1 Å². The summed E-state index contributed by atoms with van der Waals surface area (Å²) in [5.41, 5.74) is 0. The van der Waals surface area contributed by atoms with E-state index >= 15 is 0 Å². The Morgan fingerprint density at radius 2 is 1.94 bits per heavy atom. The molecule has 0 aliphatic heterocycles. The van der Waals surface area contributed by atoms with Crippen LogP contribution >= 0.6 is 0 Å². The molecule has 1 N–H and O–H groups in total. The molecule has 0 spiro atoms. The van der Waals surface area contributed by atoms with E-state index in [1.165, 1.54) is 0 Å². The summed E-state index contributed by atoms with van der Waals surface area (Å²) in [6, 6.07) is 2.26. The van der Waals surface area contributed by atoms with E-state index in [4.69, 9.17) is 5.11 Å². The van der Waals surface area contributed by atoms with E-state index in [2.05, 4.69) is 0 Å². The van der Waals surface area contributed by atoms with Gasteiger partial charge in [0.05, 0.1) is 6.61 Å². The van der Waals surface area contributed by atoms with E-state index < -0.39 is 26.6 Å². The van der Waals surface area contributed by atoms with Crippen LogP contribution in [0.5, 0.6) is 0 Å². The number of rotatable bonds is 6. The summed E-state index contributed by atoms with van der Waals surface area (Å²) in [6.45, 7) is 1.36. The highest BCUT2D eigenvalue weighted by Crippen LogP contribution is 2.20. The molecule has 0 radical (unpaired) electrons. The quantitative estimate of drug-likeness (QED) is 0.855. The Hall–Kier alpha value is -1.05. The molecule has 0 saturated carbocycles. The standard InChI is InChI=1S/C11H15F2NO3S/c1-2-5-14(6-7-15)18(16,17)11-8-9(12)3-4-10(11)13/h3-4,8,15H,2,5-7H2,1H3. The van der Waals surface area contributed by atoms with Crippen LogP contribution in [0.3, 0.4) is 0 Å². The zero-order chi connectivity index (χ0) is 13.8. The maximum absolute atomic E-state index is 13.5. The van der Waals surface area contributed by atoms with Gasteiger partial charge < -0.3 is 5.11 Å². The largest absolute Gasteiger partial charge is 0.395 e. The van der Waals surface area contributed by atoms with Crippen LogP contribution in [0.1, 0.15) is 13.3 Å². The smallest absolute Gasteiger partial charge is 0.246 e. The third-order valence-electron chi connectivity index (χ3n) is 2.33. The van der Waals surface area contributed by atoms with E-state index in [0.717, 1.165) is 16.4 Å². The molecule has 1 aromatic carbocycles. The van der Waals surface area contributed by atoms with Crippen molar-refractivity contribution in [2.24, 2.45) is 0 Å². The number of benzene rings is 1. The average molecular weight is 279 g/mol. The lowest BCUT2D eigenvalue weighted by Gasteiger charge is -2.20. The predicted octanol–water partition coefficient (Wildman–Crippen LogP) is 1.36. The van der Waals surface area contributed by atoms with Crippen LogP contribution in [0.25, 0.3) is 0 Å². The van der Waals surface area contributed by atoms with E-state index in [0.29, 0.717) is 12.5 Å². The van der Waals surface area contributed by atoms with Crippen LogP contribution in [-0.4, -0.2) is 37.5 Å². The Morgan fingerprint density at radius 1 is 1.28 bits per heavy atom. The van der Waals surface area contributed by atoms with Crippen molar-refractivity contribution in [3.8, 4) is 0 Å². The number of hydrogen-bond acceptors (Lipinski definition) is 3. The molecule has 18 heavy (non-hydrogen) atoms. The summed E-state index contributed by atoms with van der Waals surface area (Å²) < 4.78 is 51.6. The SMILES string of the molecule is CCCN(CCO)S(=O)(=O)c1cc(F)ccc1F. The minimum atomic E-state index is -4.12. The summed E-state index contributed by atoms with van der Waals surface area (Å²) in [5.74, 6) is -1.83. The van der Waals surface area contributed by atoms with Gasteiger partial charge in [-0.2, -0.15) is 4.31 Å².